The lowest BCUT2D eigenvalue weighted by Gasteiger charge is -2.29. The van der Waals surface area contributed by atoms with Gasteiger partial charge in [0.15, 0.2) is 0 Å². The number of anilines is 1. The van der Waals surface area contributed by atoms with E-state index in [-0.39, 0.29) is 0 Å². The molecule has 1 saturated heterocycles. The van der Waals surface area contributed by atoms with Gasteiger partial charge in [-0.25, -0.2) is 4.79 Å². The van der Waals surface area contributed by atoms with E-state index in [4.69, 9.17) is 0 Å². The van der Waals surface area contributed by atoms with Crippen LogP contribution in [-0.4, -0.2) is 49.2 Å². The van der Waals surface area contributed by atoms with Gasteiger partial charge in [-0.15, -0.1) is 0 Å². The van der Waals surface area contributed by atoms with Gasteiger partial charge in [0.1, 0.15) is 5.25 Å². The standard InChI is InChI=1S/C22H28N4O3S/c1-2-26-14-10-18(11-15-26)30(28,29)25-22(27)24-21-19-5-3-4-16(19)6-7-20(21)17-8-12-23-13-9-17/h6-9,12-13,18H,2-5,10-11,14-15H2,1H3,(H2,24,25,27)/p+1. The number of carbonyl (C=O) groups is 1. The predicted molar refractivity (Wildman–Crippen MR) is 117 cm³/mol. The number of urea groups is 1. The van der Waals surface area contributed by atoms with Crippen LogP contribution in [0.25, 0.3) is 11.1 Å². The maximum atomic E-state index is 12.8. The SMILES string of the molecule is CCN1CCC(S(=O)(=O)[NH2+]C(=O)Nc2c(-c3ccncc3)ccc3c2CCC3)CC1. The van der Waals surface area contributed by atoms with Gasteiger partial charge in [-0.2, -0.15) is 13.1 Å². The molecule has 160 valence electrons. The molecule has 0 spiro atoms. The number of piperidine rings is 1. The van der Waals surface area contributed by atoms with Gasteiger partial charge in [0.05, 0.1) is 5.69 Å². The van der Waals surface area contributed by atoms with Gasteiger partial charge in [0.2, 0.25) is 0 Å². The second-order valence-electron chi connectivity index (χ2n) is 8.04. The summed E-state index contributed by atoms with van der Waals surface area (Å²) in [4.78, 5) is 19.1. The molecule has 1 aromatic heterocycles. The first kappa shape index (κ1) is 21.0. The number of sulfonamides is 1. The van der Waals surface area contributed by atoms with Crippen molar-refractivity contribution in [1.29, 1.82) is 0 Å². The highest BCUT2D eigenvalue weighted by Crippen LogP contribution is 2.37. The van der Waals surface area contributed by atoms with Gasteiger partial charge in [0.25, 0.3) is 0 Å². The van der Waals surface area contributed by atoms with Gasteiger partial charge in [-0.3, -0.25) is 10.3 Å². The summed E-state index contributed by atoms with van der Waals surface area (Å²) in [6.45, 7) is 4.52. The minimum atomic E-state index is -3.60. The van der Waals surface area contributed by atoms with E-state index in [9.17, 15) is 13.2 Å². The van der Waals surface area contributed by atoms with Crippen molar-refractivity contribution in [2.75, 3.05) is 25.0 Å². The number of rotatable bonds is 5. The maximum absolute atomic E-state index is 12.8. The summed E-state index contributed by atoms with van der Waals surface area (Å²) in [7, 11) is -3.60. The second-order valence-corrected chi connectivity index (χ2v) is 10.1. The number of aromatic nitrogens is 1. The number of primary sulfonamides is 1. The van der Waals surface area contributed by atoms with Crippen molar-refractivity contribution in [2.24, 2.45) is 0 Å². The number of benzene rings is 1. The quantitative estimate of drug-likeness (QED) is 0.759. The molecule has 1 aliphatic heterocycles. The molecule has 1 fully saturated rings. The fourth-order valence-corrected chi connectivity index (χ4v) is 5.95. The summed E-state index contributed by atoms with van der Waals surface area (Å²) in [6.07, 6.45) is 7.47. The number of nitrogens with two attached hydrogens (primary N) is 1. The Kier molecular flexibility index (Phi) is 6.17. The molecule has 2 aromatic rings. The monoisotopic (exact) mass is 429 g/mol. The van der Waals surface area contributed by atoms with Crippen molar-refractivity contribution < 1.29 is 17.9 Å². The zero-order valence-corrected chi connectivity index (χ0v) is 18.1. The molecule has 2 amide bonds. The Balaban J connectivity index is 1.54. The topological polar surface area (TPSA) is 96.0 Å². The number of fused-ring (bicyclic) bond motifs is 1. The Morgan fingerprint density at radius 1 is 1.17 bits per heavy atom. The number of likely N-dealkylation sites (tertiary alicyclic amines) is 1. The molecule has 2 heterocycles. The van der Waals surface area contributed by atoms with Crippen LogP contribution < -0.4 is 10.0 Å². The van der Waals surface area contributed by atoms with Gasteiger partial charge in [-0.05, 0) is 80.6 Å². The molecule has 1 aromatic carbocycles. The van der Waals surface area contributed by atoms with E-state index < -0.39 is 21.3 Å². The number of primary amides is 1. The summed E-state index contributed by atoms with van der Waals surface area (Å²) in [6, 6.07) is 7.34. The molecule has 0 unspecified atom stereocenters. The van der Waals surface area contributed by atoms with Crippen molar-refractivity contribution in [1.82, 2.24) is 9.88 Å². The third-order valence-electron chi connectivity index (χ3n) is 6.24. The first-order chi connectivity index (χ1) is 14.5. The number of quaternary nitrogens is 1. The fourth-order valence-electron chi connectivity index (χ4n) is 4.53. The van der Waals surface area contributed by atoms with E-state index in [0.717, 1.165) is 66.0 Å². The smallest absolute Gasteiger partial charge is 0.304 e. The lowest BCUT2D eigenvalue weighted by Crippen LogP contribution is -2.93. The lowest BCUT2D eigenvalue weighted by atomic mass is 9.98. The summed E-state index contributed by atoms with van der Waals surface area (Å²) < 4.78 is 26.6. The molecule has 0 radical (unpaired) electrons. The zero-order valence-electron chi connectivity index (χ0n) is 17.3. The number of hydrogen-bond donors (Lipinski definition) is 2. The fraction of sp³-hybridized carbons (Fsp3) is 0.455. The molecule has 4 rings (SSSR count). The van der Waals surface area contributed by atoms with Gasteiger partial charge in [-0.1, -0.05) is 19.1 Å². The molecule has 0 atom stereocenters. The zero-order chi connectivity index (χ0) is 21.1. The third kappa shape index (κ3) is 4.40. The van der Waals surface area contributed by atoms with Gasteiger partial charge >= 0.3 is 16.1 Å². The molecule has 2 aliphatic rings. The number of nitrogens with one attached hydrogen (secondary N) is 1. The molecule has 30 heavy (non-hydrogen) atoms. The number of nitrogens with zero attached hydrogens (tertiary/aromatic N) is 2. The van der Waals surface area contributed by atoms with Crippen molar-refractivity contribution in [3.63, 3.8) is 0 Å². The van der Waals surface area contributed by atoms with Gasteiger partial charge < -0.3 is 4.90 Å². The molecule has 1 aliphatic carbocycles. The van der Waals surface area contributed by atoms with Crippen molar-refractivity contribution in [3.05, 3.63) is 47.8 Å². The average molecular weight is 430 g/mol. The van der Waals surface area contributed by atoms with Crippen molar-refractivity contribution in [3.8, 4) is 11.1 Å². The highest BCUT2D eigenvalue weighted by atomic mass is 32.2. The van der Waals surface area contributed by atoms with Crippen molar-refractivity contribution in [2.45, 2.75) is 44.3 Å². The number of aryl methyl sites for hydroxylation is 1. The van der Waals surface area contributed by atoms with E-state index in [2.05, 4.69) is 28.2 Å². The molecule has 0 bridgehead atoms. The Morgan fingerprint density at radius 2 is 1.90 bits per heavy atom. The normalized spacial score (nSPS) is 17.6. The van der Waals surface area contributed by atoms with E-state index in [1.165, 1.54) is 5.56 Å². The Morgan fingerprint density at radius 3 is 2.60 bits per heavy atom. The van der Waals surface area contributed by atoms with Crippen LogP contribution in [-0.2, 0) is 22.9 Å². The number of pyridine rings is 1. The predicted octanol–water partition coefficient (Wildman–Crippen LogP) is 2.15. The first-order valence-electron chi connectivity index (χ1n) is 10.6. The maximum Gasteiger partial charge on any atom is 0.433 e. The average Bonchev–Trinajstić information content (AvgIpc) is 3.23. The van der Waals surface area contributed by atoms with Crippen molar-refractivity contribution >= 4 is 21.7 Å². The lowest BCUT2D eigenvalue weighted by molar-refractivity contribution is -0.380. The number of amides is 2. The van der Waals surface area contributed by atoms with Crippen LogP contribution in [0.3, 0.4) is 0 Å². The Hall–Kier alpha value is -2.29. The van der Waals surface area contributed by atoms with Crippen LogP contribution in [0.1, 0.15) is 37.3 Å². The molecular formula is C22H29N4O3S+. The highest BCUT2D eigenvalue weighted by molar-refractivity contribution is 7.85. The Labute approximate surface area is 177 Å². The van der Waals surface area contributed by atoms with Gasteiger partial charge in [0, 0.05) is 18.0 Å². The minimum Gasteiger partial charge on any atom is -0.304 e. The largest absolute Gasteiger partial charge is 0.433 e. The van der Waals surface area contributed by atoms with E-state index in [1.54, 1.807) is 12.4 Å². The summed E-state index contributed by atoms with van der Waals surface area (Å²) >= 11 is 0. The van der Waals surface area contributed by atoms with Crippen LogP contribution in [0.2, 0.25) is 0 Å². The second kappa shape index (κ2) is 8.83. The molecule has 7 nitrogen and oxygen atoms in total. The van der Waals surface area contributed by atoms with Crippen LogP contribution in [0.5, 0.6) is 0 Å². The molecule has 3 N–H and O–H groups in total. The van der Waals surface area contributed by atoms with E-state index >= 15 is 0 Å². The van der Waals surface area contributed by atoms with Crippen LogP contribution in [0.4, 0.5) is 10.5 Å². The molecule has 8 heteroatoms. The molecule has 0 saturated carbocycles. The number of hydrogen-bond acceptors (Lipinski definition) is 5. The number of carbonyl (C=O) groups excluding carboxylic acids is 1. The summed E-state index contributed by atoms with van der Waals surface area (Å²) in [5.41, 5.74) is 4.91. The molecular weight excluding hydrogens is 400 g/mol. The highest BCUT2D eigenvalue weighted by Gasteiger charge is 2.35. The third-order valence-corrected chi connectivity index (χ3v) is 8.18. The minimum absolute atomic E-state index is 0.479. The van der Waals surface area contributed by atoms with Crippen LogP contribution in [0, 0.1) is 0 Å². The first-order valence-corrected chi connectivity index (χ1v) is 12.3. The summed E-state index contributed by atoms with van der Waals surface area (Å²) in [5.74, 6) is 0. The van der Waals surface area contributed by atoms with E-state index in [1.807, 2.05) is 18.2 Å². The van der Waals surface area contributed by atoms with Crippen LogP contribution in [0.15, 0.2) is 36.7 Å². The van der Waals surface area contributed by atoms with E-state index in [0.29, 0.717) is 12.8 Å². The summed E-state index contributed by atoms with van der Waals surface area (Å²) in [5, 5.41) is 2.44. The Bertz CT molecular complexity index is 1020. The van der Waals surface area contributed by atoms with Crippen LogP contribution >= 0.6 is 0 Å².